The number of H-pyrrole nitrogens is 1. The average Bonchev–Trinajstić information content (AvgIpc) is 2.57. The van der Waals surface area contributed by atoms with E-state index in [4.69, 9.17) is 11.6 Å². The summed E-state index contributed by atoms with van der Waals surface area (Å²) in [5.74, 6) is -1.34. The highest BCUT2D eigenvalue weighted by Gasteiger charge is 2.22. The molecule has 134 valence electrons. The van der Waals surface area contributed by atoms with Gasteiger partial charge in [-0.1, -0.05) is 31.5 Å². The van der Waals surface area contributed by atoms with Gasteiger partial charge >= 0.3 is 11.7 Å². The van der Waals surface area contributed by atoms with E-state index in [9.17, 15) is 19.5 Å². The number of benzene rings is 1. The van der Waals surface area contributed by atoms with Crippen molar-refractivity contribution in [3.05, 3.63) is 60.9 Å². The van der Waals surface area contributed by atoms with Crippen molar-refractivity contribution in [1.29, 1.82) is 0 Å². The Kier molecular flexibility index (Phi) is 5.81. The van der Waals surface area contributed by atoms with Crippen LogP contribution in [-0.2, 0) is 6.54 Å². The van der Waals surface area contributed by atoms with Crippen LogP contribution in [0.2, 0.25) is 5.02 Å². The van der Waals surface area contributed by atoms with Gasteiger partial charge in [-0.05, 0) is 37.7 Å². The van der Waals surface area contributed by atoms with Crippen LogP contribution in [0.5, 0.6) is 0 Å². The summed E-state index contributed by atoms with van der Waals surface area (Å²) in [6.45, 7) is 6.93. The van der Waals surface area contributed by atoms with Gasteiger partial charge in [0.15, 0.2) is 0 Å². The SMILES string of the molecule is CCN(CC)Cc1c(C(=O)O)[nH]c(=O)n(-c2cccc(Cl)c2C)c1=O. The summed E-state index contributed by atoms with van der Waals surface area (Å²) in [5, 5.41) is 9.79. The van der Waals surface area contributed by atoms with Gasteiger partial charge in [0.2, 0.25) is 0 Å². The molecule has 1 aromatic carbocycles. The number of aromatic carboxylic acids is 1. The molecule has 0 saturated carbocycles. The highest BCUT2D eigenvalue weighted by atomic mass is 35.5. The van der Waals surface area contributed by atoms with Crippen LogP contribution in [0.4, 0.5) is 0 Å². The molecule has 0 atom stereocenters. The number of nitrogens with one attached hydrogen (secondary N) is 1. The number of hydrogen-bond acceptors (Lipinski definition) is 4. The van der Waals surface area contributed by atoms with E-state index < -0.39 is 17.2 Å². The van der Waals surface area contributed by atoms with Crippen molar-refractivity contribution in [2.75, 3.05) is 13.1 Å². The maximum Gasteiger partial charge on any atom is 0.352 e. The van der Waals surface area contributed by atoms with E-state index in [1.165, 1.54) is 0 Å². The number of aromatic nitrogens is 2. The van der Waals surface area contributed by atoms with Crippen molar-refractivity contribution < 1.29 is 9.90 Å². The molecule has 0 amide bonds. The lowest BCUT2D eigenvalue weighted by molar-refractivity contribution is 0.0686. The number of carboxylic acid groups (broad SMARTS) is 1. The van der Waals surface area contributed by atoms with Crippen molar-refractivity contribution >= 4 is 17.6 Å². The normalized spacial score (nSPS) is 11.1. The van der Waals surface area contributed by atoms with Crippen molar-refractivity contribution in [2.24, 2.45) is 0 Å². The van der Waals surface area contributed by atoms with E-state index in [0.29, 0.717) is 29.4 Å². The Morgan fingerprint density at radius 3 is 2.48 bits per heavy atom. The lowest BCUT2D eigenvalue weighted by Gasteiger charge is -2.19. The second kappa shape index (κ2) is 7.67. The first kappa shape index (κ1) is 19.0. The zero-order valence-corrected chi connectivity index (χ0v) is 15.1. The van der Waals surface area contributed by atoms with Crippen LogP contribution < -0.4 is 11.2 Å². The second-order valence-electron chi connectivity index (χ2n) is 5.57. The molecule has 0 unspecified atom stereocenters. The van der Waals surface area contributed by atoms with Crippen LogP contribution in [0.15, 0.2) is 27.8 Å². The van der Waals surface area contributed by atoms with Crippen LogP contribution in [-0.4, -0.2) is 38.6 Å². The Morgan fingerprint density at radius 2 is 1.92 bits per heavy atom. The molecule has 0 saturated heterocycles. The van der Waals surface area contributed by atoms with Crippen LogP contribution in [0.3, 0.4) is 0 Å². The zero-order chi connectivity index (χ0) is 18.7. The molecular formula is C17H20ClN3O4. The van der Waals surface area contributed by atoms with E-state index in [1.807, 2.05) is 18.7 Å². The van der Waals surface area contributed by atoms with Gasteiger partial charge in [0, 0.05) is 11.6 Å². The molecule has 0 radical (unpaired) electrons. The Bertz CT molecular complexity index is 913. The summed E-state index contributed by atoms with van der Waals surface area (Å²) in [5.41, 5.74) is -0.910. The molecule has 0 bridgehead atoms. The minimum atomic E-state index is -1.34. The minimum Gasteiger partial charge on any atom is -0.477 e. The van der Waals surface area contributed by atoms with Gasteiger partial charge < -0.3 is 10.1 Å². The fourth-order valence-corrected chi connectivity index (χ4v) is 2.80. The lowest BCUT2D eigenvalue weighted by Crippen LogP contribution is -2.41. The van der Waals surface area contributed by atoms with Gasteiger partial charge in [-0.3, -0.25) is 9.69 Å². The van der Waals surface area contributed by atoms with Crippen molar-refractivity contribution in [3.8, 4) is 5.69 Å². The van der Waals surface area contributed by atoms with Gasteiger partial charge in [0.25, 0.3) is 5.56 Å². The number of halogens is 1. The molecule has 2 rings (SSSR count). The smallest absolute Gasteiger partial charge is 0.352 e. The third-order valence-electron chi connectivity index (χ3n) is 4.17. The third-order valence-corrected chi connectivity index (χ3v) is 4.58. The number of hydrogen-bond donors (Lipinski definition) is 2. The molecule has 25 heavy (non-hydrogen) atoms. The Hall–Kier alpha value is -2.38. The highest BCUT2D eigenvalue weighted by Crippen LogP contribution is 2.20. The molecule has 1 aromatic heterocycles. The number of nitrogens with zero attached hydrogens (tertiary/aromatic N) is 2. The van der Waals surface area contributed by atoms with Crippen LogP contribution >= 0.6 is 11.6 Å². The summed E-state index contributed by atoms with van der Waals surface area (Å²) < 4.78 is 0.937. The Morgan fingerprint density at radius 1 is 1.28 bits per heavy atom. The van der Waals surface area contributed by atoms with Gasteiger partial charge in [0.05, 0.1) is 11.3 Å². The van der Waals surface area contributed by atoms with Crippen LogP contribution in [0.1, 0.15) is 35.5 Å². The monoisotopic (exact) mass is 365 g/mol. The number of aromatic amines is 1. The lowest BCUT2D eigenvalue weighted by atomic mass is 10.1. The molecule has 2 N–H and O–H groups in total. The van der Waals surface area contributed by atoms with E-state index in [-0.39, 0.29) is 17.8 Å². The average molecular weight is 366 g/mol. The number of carboxylic acids is 1. The van der Waals surface area contributed by atoms with Gasteiger partial charge in [-0.2, -0.15) is 0 Å². The standard InChI is InChI=1S/C17H20ClN3O4/c1-4-20(5-2)9-11-14(16(23)24)19-17(25)21(15(11)22)13-8-6-7-12(18)10(13)3/h6-8H,4-5,9H2,1-3H3,(H,19,25)(H,23,24). The molecule has 0 aliphatic carbocycles. The topological polar surface area (TPSA) is 95.4 Å². The molecular weight excluding hydrogens is 346 g/mol. The van der Waals surface area contributed by atoms with E-state index in [2.05, 4.69) is 4.98 Å². The summed E-state index contributed by atoms with van der Waals surface area (Å²) in [4.78, 5) is 41.1. The zero-order valence-electron chi connectivity index (χ0n) is 14.3. The Labute approximate surface area is 149 Å². The summed E-state index contributed by atoms with van der Waals surface area (Å²) in [7, 11) is 0. The Balaban J connectivity index is 2.79. The molecule has 0 fully saturated rings. The molecule has 2 aromatic rings. The summed E-state index contributed by atoms with van der Waals surface area (Å²) in [6, 6.07) is 4.88. The van der Waals surface area contributed by atoms with Gasteiger partial charge in [0.1, 0.15) is 5.69 Å². The molecule has 1 heterocycles. The molecule has 8 heteroatoms. The molecule has 0 aliphatic heterocycles. The van der Waals surface area contributed by atoms with E-state index in [1.54, 1.807) is 25.1 Å². The summed E-state index contributed by atoms with van der Waals surface area (Å²) >= 11 is 6.09. The minimum absolute atomic E-state index is 0.0372. The van der Waals surface area contributed by atoms with E-state index >= 15 is 0 Å². The van der Waals surface area contributed by atoms with Gasteiger partial charge in [-0.15, -0.1) is 0 Å². The third kappa shape index (κ3) is 3.67. The molecule has 0 aliphatic rings. The van der Waals surface area contributed by atoms with E-state index in [0.717, 1.165) is 4.57 Å². The van der Waals surface area contributed by atoms with Crippen molar-refractivity contribution in [3.63, 3.8) is 0 Å². The molecule has 0 spiro atoms. The molecule has 7 nitrogen and oxygen atoms in total. The second-order valence-corrected chi connectivity index (χ2v) is 5.98. The van der Waals surface area contributed by atoms with Gasteiger partial charge in [-0.25, -0.2) is 14.2 Å². The fraction of sp³-hybridized carbons (Fsp3) is 0.353. The highest BCUT2D eigenvalue weighted by molar-refractivity contribution is 6.31. The number of carbonyl (C=O) groups is 1. The first-order chi connectivity index (χ1) is 11.8. The van der Waals surface area contributed by atoms with Crippen molar-refractivity contribution in [1.82, 2.24) is 14.5 Å². The first-order valence-corrected chi connectivity index (χ1v) is 8.28. The maximum absolute atomic E-state index is 13.0. The van der Waals surface area contributed by atoms with Crippen molar-refractivity contribution in [2.45, 2.75) is 27.3 Å². The number of rotatable bonds is 6. The summed E-state index contributed by atoms with van der Waals surface area (Å²) in [6.07, 6.45) is 0. The maximum atomic E-state index is 13.0. The van der Waals surface area contributed by atoms with Crippen LogP contribution in [0.25, 0.3) is 5.69 Å². The first-order valence-electron chi connectivity index (χ1n) is 7.91. The van der Waals surface area contributed by atoms with Crippen LogP contribution in [0, 0.1) is 6.92 Å². The predicted octanol–water partition coefficient (Wildman–Crippen LogP) is 2.03. The predicted molar refractivity (Wildman–Crippen MR) is 96.0 cm³/mol. The largest absolute Gasteiger partial charge is 0.477 e. The fourth-order valence-electron chi connectivity index (χ4n) is 2.63. The quantitative estimate of drug-likeness (QED) is 0.816.